The fraction of sp³-hybridized carbons (Fsp3) is 0.345. The summed E-state index contributed by atoms with van der Waals surface area (Å²) in [6.45, 7) is 6.69. The molecule has 1 aromatic heterocycles. The summed E-state index contributed by atoms with van der Waals surface area (Å²) in [6.07, 6.45) is 1.89. The van der Waals surface area contributed by atoms with Crippen molar-refractivity contribution in [3.8, 4) is 11.4 Å². The molecule has 1 fully saturated rings. The highest BCUT2D eigenvalue weighted by molar-refractivity contribution is 9.10. The van der Waals surface area contributed by atoms with E-state index in [2.05, 4.69) is 15.9 Å². The molecule has 3 aromatic rings. The molecule has 0 aliphatic heterocycles. The third kappa shape index (κ3) is 5.88. The molecule has 1 aliphatic carbocycles. The van der Waals surface area contributed by atoms with Crippen LogP contribution in [0.5, 0.6) is 5.75 Å². The van der Waals surface area contributed by atoms with Crippen LogP contribution in [0.15, 0.2) is 51.7 Å². The molecule has 1 saturated carbocycles. The van der Waals surface area contributed by atoms with Gasteiger partial charge in [0.15, 0.2) is 0 Å². The number of aryl methyl sites for hydroxylation is 2. The molecule has 0 bridgehead atoms. The third-order valence-corrected chi connectivity index (χ3v) is 7.50. The first-order valence-electron chi connectivity index (χ1n) is 12.4. The molecule has 0 saturated heterocycles. The van der Waals surface area contributed by atoms with Crippen LogP contribution in [0.1, 0.15) is 49.9 Å². The highest BCUT2D eigenvalue weighted by Crippen LogP contribution is 2.35. The highest BCUT2D eigenvalue weighted by atomic mass is 79.9. The minimum Gasteiger partial charge on any atom is -0.487 e. The number of carbonyl (C=O) groups excluding carboxylic acids is 2. The number of hydrogen-bond acceptors (Lipinski definition) is 4. The second-order valence-corrected chi connectivity index (χ2v) is 10.6. The monoisotopic (exact) mass is 586 g/mol. The van der Waals surface area contributed by atoms with Gasteiger partial charge in [-0.15, -0.1) is 0 Å². The van der Waals surface area contributed by atoms with Crippen LogP contribution in [-0.4, -0.2) is 22.3 Å². The first-order chi connectivity index (χ1) is 18.0. The summed E-state index contributed by atoms with van der Waals surface area (Å²) in [6, 6.07) is 10.5. The zero-order valence-corrected chi connectivity index (χ0v) is 23.3. The molecule has 4 rings (SSSR count). The van der Waals surface area contributed by atoms with Crippen LogP contribution in [0.4, 0.5) is 14.5 Å². The first kappa shape index (κ1) is 27.7. The van der Waals surface area contributed by atoms with Gasteiger partial charge in [-0.25, -0.2) is 8.78 Å². The van der Waals surface area contributed by atoms with Crippen molar-refractivity contribution in [2.45, 2.75) is 59.6 Å². The van der Waals surface area contributed by atoms with E-state index in [9.17, 15) is 23.2 Å². The van der Waals surface area contributed by atoms with Gasteiger partial charge in [-0.1, -0.05) is 13.0 Å². The predicted octanol–water partition coefficient (Wildman–Crippen LogP) is 6.18. The number of benzene rings is 2. The molecule has 200 valence electrons. The lowest BCUT2D eigenvalue weighted by Crippen LogP contribution is -2.35. The zero-order chi connectivity index (χ0) is 27.7. The van der Waals surface area contributed by atoms with Crippen molar-refractivity contribution in [2.75, 3.05) is 4.90 Å². The average molecular weight is 587 g/mol. The number of aromatic nitrogens is 1. The summed E-state index contributed by atoms with van der Waals surface area (Å²) in [7, 11) is 0. The van der Waals surface area contributed by atoms with Crippen LogP contribution in [0.2, 0.25) is 0 Å². The molecule has 38 heavy (non-hydrogen) atoms. The number of anilines is 1. The van der Waals surface area contributed by atoms with Gasteiger partial charge < -0.3 is 9.64 Å². The Balaban J connectivity index is 1.67. The number of ketones is 1. The molecule has 1 aliphatic rings. The van der Waals surface area contributed by atoms with Crippen LogP contribution in [0.3, 0.4) is 0 Å². The molecule has 2 aromatic carbocycles. The van der Waals surface area contributed by atoms with E-state index in [4.69, 9.17) is 4.74 Å². The smallest absolute Gasteiger partial charge is 0.273 e. The van der Waals surface area contributed by atoms with E-state index in [0.29, 0.717) is 17.1 Å². The topological polar surface area (TPSA) is 68.6 Å². The molecule has 0 N–H and O–H groups in total. The van der Waals surface area contributed by atoms with Gasteiger partial charge in [-0.05, 0) is 79.4 Å². The number of amides is 1. The van der Waals surface area contributed by atoms with E-state index in [-0.39, 0.29) is 58.0 Å². The Morgan fingerprint density at radius 3 is 2.47 bits per heavy atom. The fourth-order valence-corrected chi connectivity index (χ4v) is 4.67. The number of pyridine rings is 1. The lowest BCUT2D eigenvalue weighted by atomic mass is 10.0. The van der Waals surface area contributed by atoms with Crippen LogP contribution in [0, 0.1) is 31.4 Å². The van der Waals surface area contributed by atoms with Gasteiger partial charge in [-0.2, -0.15) is 0 Å². The van der Waals surface area contributed by atoms with E-state index in [1.807, 2.05) is 25.1 Å². The first-order valence-corrected chi connectivity index (χ1v) is 13.2. The summed E-state index contributed by atoms with van der Waals surface area (Å²) >= 11 is 3.33. The Labute approximate surface area is 228 Å². The third-order valence-electron chi connectivity index (χ3n) is 6.77. The van der Waals surface area contributed by atoms with Crippen molar-refractivity contribution in [1.82, 2.24) is 4.57 Å². The van der Waals surface area contributed by atoms with Gasteiger partial charge >= 0.3 is 0 Å². The maximum absolute atomic E-state index is 14.0. The molecule has 1 atom stereocenters. The molecule has 1 amide bonds. The fourth-order valence-electron chi connectivity index (χ4n) is 4.26. The predicted molar refractivity (Wildman–Crippen MR) is 145 cm³/mol. The number of Topliss-reactive ketones (excluding diaryl/α,β-unsaturated/α-hetero) is 1. The molecular weight excluding hydrogens is 558 g/mol. The van der Waals surface area contributed by atoms with Gasteiger partial charge in [0.05, 0.1) is 5.69 Å². The summed E-state index contributed by atoms with van der Waals surface area (Å²) in [5, 5.41) is 0. The summed E-state index contributed by atoms with van der Waals surface area (Å²) in [5.74, 6) is -1.70. The van der Waals surface area contributed by atoms with E-state index < -0.39 is 11.6 Å². The number of ether oxygens (including phenoxy) is 1. The number of rotatable bonds is 9. The maximum Gasteiger partial charge on any atom is 0.273 e. The van der Waals surface area contributed by atoms with Crippen molar-refractivity contribution in [3.05, 3.63) is 85.7 Å². The largest absolute Gasteiger partial charge is 0.487 e. The number of halogens is 3. The van der Waals surface area contributed by atoms with Gasteiger partial charge in [0.1, 0.15) is 34.2 Å². The normalized spacial score (nSPS) is 13.8. The van der Waals surface area contributed by atoms with Crippen molar-refractivity contribution in [3.63, 3.8) is 0 Å². The SMILES string of the molecule is CC(=O)C(C)CC(=O)N(c1ccc(C)c(-n2c(C)cc(OCc3ccc(F)cc3F)c(Br)c2=O)c1)C1CC1. The van der Waals surface area contributed by atoms with Crippen molar-refractivity contribution in [2.24, 2.45) is 5.92 Å². The Bertz CT molecular complexity index is 1470. The van der Waals surface area contributed by atoms with Crippen molar-refractivity contribution in [1.29, 1.82) is 0 Å². The van der Waals surface area contributed by atoms with Crippen molar-refractivity contribution < 1.29 is 23.1 Å². The Morgan fingerprint density at radius 1 is 1.13 bits per heavy atom. The summed E-state index contributed by atoms with van der Waals surface area (Å²) < 4.78 is 34.6. The standard InChI is InChI=1S/C29H29BrF2N2O4/c1-16-5-8-23(34(22-9-10-22)27(36)11-17(2)19(4)35)14-25(16)33-18(3)12-26(28(30)29(33)37)38-15-20-6-7-21(31)13-24(20)32/h5-8,12-14,17,22H,9-11,15H2,1-4H3. The van der Waals surface area contributed by atoms with Gasteiger partial charge in [0.25, 0.3) is 5.56 Å². The summed E-state index contributed by atoms with van der Waals surface area (Å²) in [4.78, 5) is 40.1. The van der Waals surface area contributed by atoms with E-state index >= 15 is 0 Å². The lowest BCUT2D eigenvalue weighted by molar-refractivity contribution is -0.126. The van der Waals surface area contributed by atoms with Gasteiger partial charge in [-0.3, -0.25) is 19.0 Å². The second kappa shape index (κ2) is 11.2. The maximum atomic E-state index is 14.0. The molecule has 9 heteroatoms. The Morgan fingerprint density at radius 2 is 1.84 bits per heavy atom. The minimum atomic E-state index is -0.730. The van der Waals surface area contributed by atoms with Gasteiger partial charge in [0.2, 0.25) is 5.91 Å². The molecular formula is C29H29BrF2N2O4. The van der Waals surface area contributed by atoms with Crippen LogP contribution in [0.25, 0.3) is 5.69 Å². The molecule has 6 nitrogen and oxygen atoms in total. The Hall–Kier alpha value is -3.33. The second-order valence-electron chi connectivity index (χ2n) is 9.81. The van der Waals surface area contributed by atoms with Crippen LogP contribution < -0.4 is 15.2 Å². The average Bonchev–Trinajstić information content (AvgIpc) is 3.68. The number of carbonyl (C=O) groups is 2. The van der Waals surface area contributed by atoms with Crippen LogP contribution in [-0.2, 0) is 16.2 Å². The molecule has 1 heterocycles. The van der Waals surface area contributed by atoms with E-state index in [1.54, 1.807) is 24.8 Å². The highest BCUT2D eigenvalue weighted by Gasteiger charge is 2.35. The quantitative estimate of drug-likeness (QED) is 0.300. The lowest BCUT2D eigenvalue weighted by Gasteiger charge is -2.25. The number of nitrogens with zero attached hydrogens (tertiary/aromatic N) is 2. The zero-order valence-electron chi connectivity index (χ0n) is 21.7. The van der Waals surface area contributed by atoms with Crippen LogP contribution >= 0.6 is 15.9 Å². The van der Waals surface area contributed by atoms with E-state index in [0.717, 1.165) is 30.5 Å². The molecule has 1 unspecified atom stereocenters. The molecule has 0 radical (unpaired) electrons. The van der Waals surface area contributed by atoms with Crippen molar-refractivity contribution >= 4 is 33.3 Å². The molecule has 0 spiro atoms. The number of hydrogen-bond donors (Lipinski definition) is 0. The Kier molecular flexibility index (Phi) is 8.16. The van der Waals surface area contributed by atoms with E-state index in [1.165, 1.54) is 17.6 Å². The van der Waals surface area contributed by atoms with Gasteiger partial charge in [0, 0.05) is 47.5 Å². The minimum absolute atomic E-state index is 0.0322. The summed E-state index contributed by atoms with van der Waals surface area (Å²) in [5.41, 5.74) is 2.46.